The fourth-order valence-electron chi connectivity index (χ4n) is 1.30. The molecular weight excluding hydrogens is 174 g/mol. The minimum Gasteiger partial charge on any atom is -0.311 e. The van der Waals surface area contributed by atoms with Gasteiger partial charge in [-0.2, -0.15) is 0 Å². The van der Waals surface area contributed by atoms with Gasteiger partial charge in [-0.05, 0) is 24.3 Å². The van der Waals surface area contributed by atoms with Crippen molar-refractivity contribution >= 4 is 5.91 Å². The summed E-state index contributed by atoms with van der Waals surface area (Å²) in [5.41, 5.74) is 0.709. The Morgan fingerprint density at radius 1 is 1.29 bits per heavy atom. The van der Waals surface area contributed by atoms with Crippen LogP contribution in [0.3, 0.4) is 0 Å². The Bertz CT molecular complexity index is 379. The first-order valence-electron chi connectivity index (χ1n) is 4.47. The molecule has 2 heteroatoms. The minimum atomic E-state index is 0.0162. The molecule has 0 saturated heterocycles. The predicted molar refractivity (Wildman–Crippen MR) is 54.4 cm³/mol. The maximum atomic E-state index is 11.8. The second kappa shape index (κ2) is 3.92. The van der Waals surface area contributed by atoms with Gasteiger partial charge in [-0.1, -0.05) is 24.3 Å². The normalized spacial score (nSPS) is 14.4. The van der Waals surface area contributed by atoms with E-state index in [0.717, 1.165) is 0 Å². The molecule has 1 aromatic carbocycles. The summed E-state index contributed by atoms with van der Waals surface area (Å²) in [5.74, 6) is 0.0162. The Balaban J connectivity index is 2.17. The van der Waals surface area contributed by atoms with Crippen molar-refractivity contribution in [1.29, 1.82) is 0 Å². The largest absolute Gasteiger partial charge is 0.311 e. The van der Waals surface area contributed by atoms with Crippen LogP contribution in [0.5, 0.6) is 0 Å². The van der Waals surface area contributed by atoms with Crippen molar-refractivity contribution in [3.63, 3.8) is 0 Å². The van der Waals surface area contributed by atoms with Crippen molar-refractivity contribution < 1.29 is 4.79 Å². The van der Waals surface area contributed by atoms with E-state index < -0.39 is 0 Å². The lowest BCUT2D eigenvalue weighted by molar-refractivity contribution is 0.0832. The first kappa shape index (κ1) is 8.75. The van der Waals surface area contributed by atoms with Gasteiger partial charge in [0.25, 0.3) is 5.91 Å². The van der Waals surface area contributed by atoms with Gasteiger partial charge in [0.15, 0.2) is 0 Å². The summed E-state index contributed by atoms with van der Waals surface area (Å²) in [6.45, 7) is 0.532. The number of benzene rings is 1. The third-order valence-electron chi connectivity index (χ3n) is 2.02. The molecule has 0 fully saturated rings. The molecule has 0 aliphatic carbocycles. The summed E-state index contributed by atoms with van der Waals surface area (Å²) in [5, 5.41) is 0. The molecule has 0 saturated carbocycles. The van der Waals surface area contributed by atoms with E-state index in [-0.39, 0.29) is 5.91 Å². The number of hydrogen-bond donors (Lipinski definition) is 0. The molecule has 14 heavy (non-hydrogen) atoms. The lowest BCUT2D eigenvalue weighted by atomic mass is 10.2. The molecular formula is C12H10NO. The summed E-state index contributed by atoms with van der Waals surface area (Å²) in [7, 11) is 0. The summed E-state index contributed by atoms with van der Waals surface area (Å²) in [6.07, 6.45) is 8.37. The van der Waals surface area contributed by atoms with Crippen molar-refractivity contribution in [3.05, 3.63) is 60.3 Å². The molecule has 1 aromatic rings. The van der Waals surface area contributed by atoms with E-state index in [1.54, 1.807) is 11.1 Å². The number of carbonyl (C=O) groups is 1. The topological polar surface area (TPSA) is 20.3 Å². The lowest BCUT2D eigenvalue weighted by Crippen LogP contribution is -2.27. The molecule has 2 rings (SSSR count). The van der Waals surface area contributed by atoms with Gasteiger partial charge in [-0.15, -0.1) is 0 Å². The zero-order valence-electron chi connectivity index (χ0n) is 7.68. The van der Waals surface area contributed by atoms with Gasteiger partial charge in [-0.25, -0.2) is 0 Å². The number of nitrogens with zero attached hydrogens (tertiary/aromatic N) is 1. The average Bonchev–Trinajstić information content (AvgIpc) is 2.30. The molecule has 0 bridgehead atoms. The fraction of sp³-hybridized carbons (Fsp3) is 0.0833. The fourth-order valence-corrected chi connectivity index (χ4v) is 1.30. The third kappa shape index (κ3) is 1.74. The zero-order chi connectivity index (χ0) is 9.80. The summed E-state index contributed by atoms with van der Waals surface area (Å²) < 4.78 is 0. The van der Waals surface area contributed by atoms with Gasteiger partial charge < -0.3 is 4.90 Å². The highest BCUT2D eigenvalue weighted by Gasteiger charge is 2.12. The van der Waals surface area contributed by atoms with Crippen molar-refractivity contribution in [2.75, 3.05) is 6.54 Å². The van der Waals surface area contributed by atoms with Crippen LogP contribution in [-0.4, -0.2) is 17.4 Å². The maximum absolute atomic E-state index is 11.8. The van der Waals surface area contributed by atoms with Crippen LogP contribution >= 0.6 is 0 Å². The third-order valence-corrected chi connectivity index (χ3v) is 2.02. The molecule has 0 spiro atoms. The van der Waals surface area contributed by atoms with Crippen molar-refractivity contribution in [2.45, 2.75) is 0 Å². The number of carbonyl (C=O) groups excluding carboxylic acids is 1. The number of rotatable bonds is 1. The summed E-state index contributed by atoms with van der Waals surface area (Å²) in [6, 6.07) is 9.25. The Labute approximate surface area is 83.2 Å². The average molecular weight is 184 g/mol. The van der Waals surface area contributed by atoms with Gasteiger partial charge in [0.05, 0.1) is 6.54 Å². The molecule has 1 aliphatic heterocycles. The van der Waals surface area contributed by atoms with Crippen LogP contribution < -0.4 is 0 Å². The highest BCUT2D eigenvalue weighted by molar-refractivity contribution is 5.95. The van der Waals surface area contributed by atoms with Crippen molar-refractivity contribution in [3.8, 4) is 0 Å². The molecule has 0 unspecified atom stereocenters. The zero-order valence-corrected chi connectivity index (χ0v) is 7.68. The van der Waals surface area contributed by atoms with E-state index in [2.05, 4.69) is 6.08 Å². The maximum Gasteiger partial charge on any atom is 0.258 e. The first-order chi connectivity index (χ1) is 6.88. The van der Waals surface area contributed by atoms with E-state index in [0.29, 0.717) is 12.1 Å². The Morgan fingerprint density at radius 2 is 2.07 bits per heavy atom. The first-order valence-corrected chi connectivity index (χ1v) is 4.47. The van der Waals surface area contributed by atoms with Crippen LogP contribution in [0.15, 0.2) is 48.7 Å². The second-order valence-electron chi connectivity index (χ2n) is 3.01. The van der Waals surface area contributed by atoms with Gasteiger partial charge in [-0.3, -0.25) is 4.79 Å². The number of allylic oxidation sites excluding steroid dienone is 2. The van der Waals surface area contributed by atoms with Gasteiger partial charge >= 0.3 is 0 Å². The molecule has 2 nitrogen and oxygen atoms in total. The van der Waals surface area contributed by atoms with Crippen LogP contribution in [0.1, 0.15) is 10.4 Å². The standard InChI is InChI=1S/C12H10NO/c14-12(11-7-3-1-4-8-11)13-9-5-2-6-10-13/h1-5,7-9H,10H2. The highest BCUT2D eigenvalue weighted by Crippen LogP contribution is 2.07. The van der Waals surface area contributed by atoms with Gasteiger partial charge in [0.1, 0.15) is 0 Å². The molecule has 0 atom stereocenters. The van der Waals surface area contributed by atoms with Crippen LogP contribution in [0.25, 0.3) is 0 Å². The van der Waals surface area contributed by atoms with Crippen LogP contribution in [0.2, 0.25) is 0 Å². The number of amides is 1. The molecule has 1 aliphatic rings. The lowest BCUT2D eigenvalue weighted by Gasteiger charge is -2.17. The van der Waals surface area contributed by atoms with E-state index in [1.807, 2.05) is 42.5 Å². The van der Waals surface area contributed by atoms with Crippen LogP contribution in [0, 0.1) is 6.08 Å². The number of hydrogen-bond acceptors (Lipinski definition) is 1. The van der Waals surface area contributed by atoms with Gasteiger partial charge in [0.2, 0.25) is 0 Å². The molecule has 1 amide bonds. The monoisotopic (exact) mass is 184 g/mol. The summed E-state index contributed by atoms with van der Waals surface area (Å²) >= 11 is 0. The molecule has 69 valence electrons. The van der Waals surface area contributed by atoms with E-state index in [9.17, 15) is 4.79 Å². The molecule has 0 aromatic heterocycles. The smallest absolute Gasteiger partial charge is 0.258 e. The SMILES string of the molecule is O=C(c1ccccc1)N1C=CC=[C]C1. The van der Waals surface area contributed by atoms with Gasteiger partial charge in [0, 0.05) is 11.8 Å². The Kier molecular flexibility index (Phi) is 2.45. The van der Waals surface area contributed by atoms with E-state index >= 15 is 0 Å². The van der Waals surface area contributed by atoms with E-state index in [4.69, 9.17) is 0 Å². The van der Waals surface area contributed by atoms with Crippen molar-refractivity contribution in [2.24, 2.45) is 0 Å². The van der Waals surface area contributed by atoms with Crippen LogP contribution in [0.4, 0.5) is 0 Å². The quantitative estimate of drug-likeness (QED) is 0.653. The molecule has 0 N–H and O–H groups in total. The summed E-state index contributed by atoms with van der Waals surface area (Å²) in [4.78, 5) is 13.5. The Morgan fingerprint density at radius 3 is 2.71 bits per heavy atom. The Hall–Kier alpha value is -1.83. The van der Waals surface area contributed by atoms with Crippen molar-refractivity contribution in [1.82, 2.24) is 4.90 Å². The highest BCUT2D eigenvalue weighted by atomic mass is 16.2. The van der Waals surface area contributed by atoms with Crippen LogP contribution in [-0.2, 0) is 0 Å². The second-order valence-corrected chi connectivity index (χ2v) is 3.01. The minimum absolute atomic E-state index is 0.0162. The molecule has 1 radical (unpaired) electrons. The molecule has 1 heterocycles. The predicted octanol–water partition coefficient (Wildman–Crippen LogP) is 2.02. The van der Waals surface area contributed by atoms with E-state index in [1.165, 1.54) is 0 Å².